The second-order valence-electron chi connectivity index (χ2n) is 4.98. The summed E-state index contributed by atoms with van der Waals surface area (Å²) < 4.78 is 0. The monoisotopic (exact) mass is 318 g/mol. The minimum Gasteiger partial charge on any atom is -0.478 e. The number of hydrogen-bond acceptors (Lipinski definition) is 4. The molecule has 2 aromatic rings. The van der Waals surface area contributed by atoms with Gasteiger partial charge in [0.15, 0.2) is 0 Å². The lowest BCUT2D eigenvalue weighted by Gasteiger charge is -2.07. The first-order valence-corrected chi connectivity index (χ1v) is 7.80. The van der Waals surface area contributed by atoms with Gasteiger partial charge in [-0.3, -0.25) is 4.79 Å². The predicted octanol–water partition coefficient (Wildman–Crippen LogP) is 2.36. The molecule has 1 heterocycles. The van der Waals surface area contributed by atoms with Gasteiger partial charge in [-0.25, -0.2) is 9.78 Å². The molecule has 22 heavy (non-hydrogen) atoms. The number of amides is 1. The van der Waals surface area contributed by atoms with E-state index in [0.29, 0.717) is 12.1 Å². The first-order chi connectivity index (χ1) is 10.5. The Bertz CT molecular complexity index is 694. The molecule has 0 atom stereocenters. The normalized spacial score (nSPS) is 10.5. The number of benzene rings is 1. The van der Waals surface area contributed by atoms with E-state index in [1.54, 1.807) is 29.5 Å². The van der Waals surface area contributed by atoms with Crippen molar-refractivity contribution in [2.24, 2.45) is 0 Å². The van der Waals surface area contributed by atoms with Crippen LogP contribution in [0.15, 0.2) is 24.3 Å². The molecule has 0 spiro atoms. The molecule has 6 heteroatoms. The van der Waals surface area contributed by atoms with E-state index < -0.39 is 5.97 Å². The Morgan fingerprint density at radius 2 is 2.00 bits per heavy atom. The largest absolute Gasteiger partial charge is 0.478 e. The van der Waals surface area contributed by atoms with Gasteiger partial charge in [0.05, 0.1) is 22.7 Å². The molecular formula is C16H18N2O3S. The number of aromatic nitrogens is 1. The summed E-state index contributed by atoms with van der Waals surface area (Å²) in [5, 5.41) is 13.0. The average molecular weight is 318 g/mol. The molecule has 0 aliphatic carbocycles. The van der Waals surface area contributed by atoms with Crippen molar-refractivity contribution in [3.63, 3.8) is 0 Å². The van der Waals surface area contributed by atoms with Crippen molar-refractivity contribution in [2.75, 3.05) is 6.54 Å². The van der Waals surface area contributed by atoms with Gasteiger partial charge in [0.25, 0.3) is 0 Å². The van der Waals surface area contributed by atoms with Crippen LogP contribution in [0.2, 0.25) is 0 Å². The molecule has 116 valence electrons. The van der Waals surface area contributed by atoms with Crippen molar-refractivity contribution in [3.05, 3.63) is 51.0 Å². The number of aromatic carboxylic acids is 1. The number of hydrogen-bond donors (Lipinski definition) is 2. The van der Waals surface area contributed by atoms with E-state index >= 15 is 0 Å². The van der Waals surface area contributed by atoms with E-state index in [0.717, 1.165) is 17.1 Å². The molecule has 0 aliphatic heterocycles. The fraction of sp³-hybridized carbons (Fsp3) is 0.312. The Morgan fingerprint density at radius 1 is 1.27 bits per heavy atom. The molecule has 0 fully saturated rings. The van der Waals surface area contributed by atoms with Crippen LogP contribution in [0.5, 0.6) is 0 Å². The van der Waals surface area contributed by atoms with E-state index in [1.165, 1.54) is 10.9 Å². The highest BCUT2D eigenvalue weighted by Gasteiger charge is 2.12. The third kappa shape index (κ3) is 4.14. The Labute approximate surface area is 133 Å². The Hall–Kier alpha value is -2.21. The Morgan fingerprint density at radius 3 is 2.64 bits per heavy atom. The van der Waals surface area contributed by atoms with Gasteiger partial charge < -0.3 is 10.4 Å². The van der Waals surface area contributed by atoms with Crippen molar-refractivity contribution >= 4 is 23.2 Å². The SMILES string of the molecule is Cc1nc(C)c(CCNC(=O)Cc2ccccc2C(=O)O)s1. The number of carbonyl (C=O) groups excluding carboxylic acids is 1. The number of nitrogens with one attached hydrogen (secondary N) is 1. The zero-order valence-electron chi connectivity index (χ0n) is 12.5. The molecule has 1 aromatic carbocycles. The molecule has 2 N–H and O–H groups in total. The maximum absolute atomic E-state index is 12.0. The summed E-state index contributed by atoms with van der Waals surface area (Å²) in [6, 6.07) is 6.56. The van der Waals surface area contributed by atoms with Crippen LogP contribution in [0.4, 0.5) is 0 Å². The minimum atomic E-state index is -1.01. The molecule has 0 saturated heterocycles. The maximum atomic E-state index is 12.0. The third-order valence-corrected chi connectivity index (χ3v) is 4.41. The van der Waals surface area contributed by atoms with Gasteiger partial charge >= 0.3 is 5.97 Å². The summed E-state index contributed by atoms with van der Waals surface area (Å²) in [6.45, 7) is 4.45. The first-order valence-electron chi connectivity index (χ1n) is 6.98. The fourth-order valence-corrected chi connectivity index (χ4v) is 3.18. The van der Waals surface area contributed by atoms with Crippen molar-refractivity contribution in [3.8, 4) is 0 Å². The van der Waals surface area contributed by atoms with Gasteiger partial charge in [-0.15, -0.1) is 11.3 Å². The van der Waals surface area contributed by atoms with Crippen LogP contribution in [-0.4, -0.2) is 28.5 Å². The average Bonchev–Trinajstić information content (AvgIpc) is 2.77. The van der Waals surface area contributed by atoms with E-state index in [9.17, 15) is 9.59 Å². The highest BCUT2D eigenvalue weighted by atomic mass is 32.1. The van der Waals surface area contributed by atoms with Crippen LogP contribution in [0, 0.1) is 13.8 Å². The second kappa shape index (κ2) is 7.17. The van der Waals surface area contributed by atoms with Gasteiger partial charge in [0.2, 0.25) is 5.91 Å². The summed E-state index contributed by atoms with van der Waals surface area (Å²) in [6.07, 6.45) is 0.812. The third-order valence-electron chi connectivity index (χ3n) is 3.27. The summed E-state index contributed by atoms with van der Waals surface area (Å²) in [5.74, 6) is -1.19. The zero-order valence-corrected chi connectivity index (χ0v) is 13.4. The highest BCUT2D eigenvalue weighted by Crippen LogP contribution is 2.17. The number of carbonyl (C=O) groups is 2. The van der Waals surface area contributed by atoms with Gasteiger partial charge in [-0.1, -0.05) is 18.2 Å². The smallest absolute Gasteiger partial charge is 0.335 e. The quantitative estimate of drug-likeness (QED) is 0.857. The maximum Gasteiger partial charge on any atom is 0.335 e. The highest BCUT2D eigenvalue weighted by molar-refractivity contribution is 7.11. The van der Waals surface area contributed by atoms with E-state index in [1.807, 2.05) is 13.8 Å². The summed E-state index contributed by atoms with van der Waals surface area (Å²) in [5.41, 5.74) is 1.71. The molecule has 1 aromatic heterocycles. The van der Waals surface area contributed by atoms with E-state index in [-0.39, 0.29) is 17.9 Å². The van der Waals surface area contributed by atoms with E-state index in [2.05, 4.69) is 10.3 Å². The predicted molar refractivity (Wildman–Crippen MR) is 85.4 cm³/mol. The second-order valence-corrected chi connectivity index (χ2v) is 6.27. The standard InChI is InChI=1S/C16H18N2O3S/c1-10-14(22-11(2)18-10)7-8-17-15(19)9-12-5-3-4-6-13(12)16(20)21/h3-6H,7-9H2,1-2H3,(H,17,19)(H,20,21). The zero-order chi connectivity index (χ0) is 16.1. The lowest BCUT2D eigenvalue weighted by molar-refractivity contribution is -0.120. The van der Waals surface area contributed by atoms with Crippen LogP contribution in [-0.2, 0) is 17.6 Å². The topological polar surface area (TPSA) is 79.3 Å². The molecule has 5 nitrogen and oxygen atoms in total. The number of thiazole rings is 1. The Balaban J connectivity index is 1.89. The van der Waals surface area contributed by atoms with Gasteiger partial charge in [-0.05, 0) is 25.5 Å². The van der Waals surface area contributed by atoms with Crippen LogP contribution < -0.4 is 5.32 Å². The number of nitrogens with zero attached hydrogens (tertiary/aromatic N) is 1. The molecule has 0 aliphatic rings. The molecule has 0 unspecified atom stereocenters. The number of carboxylic acid groups (broad SMARTS) is 1. The molecule has 0 radical (unpaired) electrons. The van der Waals surface area contributed by atoms with Crippen LogP contribution in [0.1, 0.15) is 31.5 Å². The molecular weight excluding hydrogens is 300 g/mol. The van der Waals surface area contributed by atoms with Crippen molar-refractivity contribution in [1.29, 1.82) is 0 Å². The minimum absolute atomic E-state index is 0.0726. The van der Waals surface area contributed by atoms with Crippen molar-refractivity contribution in [1.82, 2.24) is 10.3 Å². The summed E-state index contributed by atoms with van der Waals surface area (Å²) in [7, 11) is 0. The lowest BCUT2D eigenvalue weighted by atomic mass is 10.0. The van der Waals surface area contributed by atoms with Crippen molar-refractivity contribution < 1.29 is 14.7 Å². The van der Waals surface area contributed by atoms with Crippen molar-refractivity contribution in [2.45, 2.75) is 26.7 Å². The molecule has 0 saturated carbocycles. The van der Waals surface area contributed by atoms with Crippen LogP contribution in [0.3, 0.4) is 0 Å². The van der Waals surface area contributed by atoms with E-state index in [4.69, 9.17) is 5.11 Å². The number of aryl methyl sites for hydroxylation is 2. The number of rotatable bonds is 6. The molecule has 0 bridgehead atoms. The van der Waals surface area contributed by atoms with Gasteiger partial charge in [-0.2, -0.15) is 0 Å². The van der Waals surface area contributed by atoms with Crippen LogP contribution >= 0.6 is 11.3 Å². The van der Waals surface area contributed by atoms with Gasteiger partial charge in [0.1, 0.15) is 0 Å². The lowest BCUT2D eigenvalue weighted by Crippen LogP contribution is -2.27. The Kier molecular flexibility index (Phi) is 5.27. The number of carboxylic acids is 1. The first kappa shape index (κ1) is 16.2. The summed E-state index contributed by atoms with van der Waals surface area (Å²) >= 11 is 1.64. The molecule has 1 amide bonds. The van der Waals surface area contributed by atoms with Gasteiger partial charge in [0, 0.05) is 17.8 Å². The molecule has 2 rings (SSSR count). The fourth-order valence-electron chi connectivity index (χ4n) is 2.24. The summed E-state index contributed by atoms with van der Waals surface area (Å²) in [4.78, 5) is 28.6. The van der Waals surface area contributed by atoms with Crippen LogP contribution in [0.25, 0.3) is 0 Å².